The number of ether oxygens (including phenoxy) is 1. The highest BCUT2D eigenvalue weighted by Crippen LogP contribution is 2.79. The maximum atomic E-state index is 9.29. The smallest absolute Gasteiger partial charge is 0.0957 e. The fraction of sp³-hybridized carbons (Fsp3) is 0.720. The van der Waals surface area contributed by atoms with Crippen LogP contribution in [0.3, 0.4) is 0 Å². The summed E-state index contributed by atoms with van der Waals surface area (Å²) in [5.41, 5.74) is 2.78. The average Bonchev–Trinajstić information content (AvgIpc) is 3.31. The van der Waals surface area contributed by atoms with Crippen LogP contribution in [-0.4, -0.2) is 23.1 Å². The fourth-order valence-electron chi connectivity index (χ4n) is 9.09. The van der Waals surface area contributed by atoms with Crippen molar-refractivity contribution in [2.45, 2.75) is 57.5 Å². The van der Waals surface area contributed by atoms with E-state index in [-0.39, 0.29) is 5.60 Å². The van der Waals surface area contributed by atoms with Gasteiger partial charge in [0.1, 0.15) is 0 Å². The van der Waals surface area contributed by atoms with E-state index in [0.717, 1.165) is 61.2 Å². The second kappa shape index (κ2) is 5.84. The Balaban J connectivity index is 1.43. The molecule has 1 spiro atoms. The molecule has 0 saturated heterocycles. The van der Waals surface area contributed by atoms with Gasteiger partial charge in [-0.25, -0.2) is 0 Å². The maximum Gasteiger partial charge on any atom is 0.0957 e. The first-order valence-corrected chi connectivity index (χ1v) is 11.5. The summed E-state index contributed by atoms with van der Waals surface area (Å²) in [6, 6.07) is 0. The van der Waals surface area contributed by atoms with Crippen LogP contribution >= 0.6 is 0 Å². The number of hydrogen-bond acceptors (Lipinski definition) is 3. The number of hydrogen-bond donors (Lipinski definition) is 1. The molecule has 6 aliphatic rings. The van der Waals surface area contributed by atoms with Gasteiger partial charge in [-0.15, -0.1) is 6.58 Å². The lowest BCUT2D eigenvalue weighted by Crippen LogP contribution is -2.57. The predicted octanol–water partition coefficient (Wildman–Crippen LogP) is 5.37. The molecule has 4 saturated carbocycles. The Bertz CT molecular complexity index is 796. The molecule has 9 atom stereocenters. The van der Waals surface area contributed by atoms with E-state index in [0.29, 0.717) is 17.3 Å². The van der Waals surface area contributed by atoms with Gasteiger partial charge in [0.25, 0.3) is 0 Å². The largest absolute Gasteiger partial charge is 0.411 e. The van der Waals surface area contributed by atoms with Crippen LogP contribution in [0.5, 0.6) is 0 Å². The Hall–Kier alpha value is -1.35. The van der Waals surface area contributed by atoms with Gasteiger partial charge in [-0.05, 0) is 92.4 Å². The van der Waals surface area contributed by atoms with Crippen molar-refractivity contribution in [3.05, 3.63) is 36.5 Å². The van der Waals surface area contributed by atoms with Crippen LogP contribution in [0, 0.1) is 46.8 Å². The maximum absolute atomic E-state index is 9.29. The highest BCUT2D eigenvalue weighted by molar-refractivity contribution is 5.96. The standard InChI is InChI=1S/C25H33NO2/c1-3-15-12-16-13-17(26-27)6-7-18(16)19-8-10-24(4-2)23(22(15)19)20-14-21(20)25(24)9-5-11-28-25/h3,5,9,13,15,18-23,27H,1,4,6-8,10-12,14H2,2H3/b26-17+/t15-,18+,19?,20+,21-,22?,23?,24+,25+/m1/s1. The molecule has 0 aromatic rings. The van der Waals surface area contributed by atoms with Crippen molar-refractivity contribution < 1.29 is 9.94 Å². The van der Waals surface area contributed by atoms with E-state index in [2.05, 4.69) is 43.0 Å². The number of allylic oxidation sites excluding steroid dienone is 3. The van der Waals surface area contributed by atoms with Crippen LogP contribution in [-0.2, 0) is 4.74 Å². The first-order chi connectivity index (χ1) is 13.7. The molecule has 150 valence electrons. The monoisotopic (exact) mass is 379 g/mol. The first kappa shape index (κ1) is 17.5. The average molecular weight is 380 g/mol. The van der Waals surface area contributed by atoms with Crippen LogP contribution in [0.15, 0.2) is 41.6 Å². The molecule has 4 fully saturated rings. The van der Waals surface area contributed by atoms with E-state index in [4.69, 9.17) is 4.74 Å². The van der Waals surface area contributed by atoms with Crippen molar-refractivity contribution in [2.24, 2.45) is 52.0 Å². The number of rotatable bonds is 2. The second-order valence-electron chi connectivity index (χ2n) is 10.4. The molecule has 0 amide bonds. The number of nitrogens with zero attached hydrogens (tertiary/aromatic N) is 1. The topological polar surface area (TPSA) is 41.8 Å². The molecular formula is C25H33NO2. The number of fused-ring (bicyclic) bond motifs is 9. The second-order valence-corrected chi connectivity index (χ2v) is 10.4. The normalized spacial score (nSPS) is 54.7. The summed E-state index contributed by atoms with van der Waals surface area (Å²) in [5.74, 6) is 5.20. The van der Waals surface area contributed by atoms with E-state index in [1.165, 1.54) is 31.3 Å². The zero-order valence-corrected chi connectivity index (χ0v) is 17.0. The molecule has 6 rings (SSSR count). The molecule has 1 aliphatic heterocycles. The zero-order valence-electron chi connectivity index (χ0n) is 17.0. The molecule has 1 heterocycles. The highest BCUT2D eigenvalue weighted by Gasteiger charge is 2.77. The van der Waals surface area contributed by atoms with Gasteiger partial charge in [0.15, 0.2) is 0 Å². The van der Waals surface area contributed by atoms with Gasteiger partial charge >= 0.3 is 0 Å². The number of oxime groups is 1. The van der Waals surface area contributed by atoms with Crippen molar-refractivity contribution in [1.82, 2.24) is 0 Å². The third-order valence-corrected chi connectivity index (χ3v) is 9.97. The van der Waals surface area contributed by atoms with Gasteiger partial charge in [0, 0.05) is 5.41 Å². The summed E-state index contributed by atoms with van der Waals surface area (Å²) in [6.07, 6.45) is 17.7. The van der Waals surface area contributed by atoms with Crippen LogP contribution in [0.4, 0.5) is 0 Å². The lowest BCUT2D eigenvalue weighted by atomic mass is 9.46. The van der Waals surface area contributed by atoms with Gasteiger partial charge in [-0.2, -0.15) is 0 Å². The quantitative estimate of drug-likeness (QED) is 0.398. The first-order valence-electron chi connectivity index (χ1n) is 11.5. The summed E-state index contributed by atoms with van der Waals surface area (Å²) in [6.45, 7) is 7.53. The predicted molar refractivity (Wildman–Crippen MR) is 110 cm³/mol. The van der Waals surface area contributed by atoms with Crippen molar-refractivity contribution in [3.63, 3.8) is 0 Å². The molecule has 0 bridgehead atoms. The third kappa shape index (κ3) is 1.92. The molecule has 0 aromatic heterocycles. The summed E-state index contributed by atoms with van der Waals surface area (Å²) in [5, 5.41) is 12.8. The molecule has 3 nitrogen and oxygen atoms in total. The molecular weight excluding hydrogens is 346 g/mol. The Morgan fingerprint density at radius 2 is 2.25 bits per heavy atom. The van der Waals surface area contributed by atoms with Crippen LogP contribution in [0.25, 0.3) is 0 Å². The Morgan fingerprint density at radius 1 is 1.36 bits per heavy atom. The Kier molecular flexibility index (Phi) is 3.65. The molecule has 28 heavy (non-hydrogen) atoms. The van der Waals surface area contributed by atoms with Crippen molar-refractivity contribution in [3.8, 4) is 0 Å². The lowest BCUT2D eigenvalue weighted by molar-refractivity contribution is -0.148. The highest BCUT2D eigenvalue weighted by atomic mass is 16.5. The fourth-order valence-corrected chi connectivity index (χ4v) is 9.09. The summed E-state index contributed by atoms with van der Waals surface area (Å²) >= 11 is 0. The van der Waals surface area contributed by atoms with E-state index in [1.807, 2.05) is 0 Å². The zero-order chi connectivity index (χ0) is 19.1. The van der Waals surface area contributed by atoms with Crippen molar-refractivity contribution in [2.75, 3.05) is 6.61 Å². The summed E-state index contributed by atoms with van der Waals surface area (Å²) < 4.78 is 6.61. The molecule has 3 heteroatoms. The summed E-state index contributed by atoms with van der Waals surface area (Å²) in [7, 11) is 0. The third-order valence-electron chi connectivity index (χ3n) is 9.97. The Morgan fingerprint density at radius 3 is 2.96 bits per heavy atom. The Labute approximate surface area is 168 Å². The molecule has 1 N–H and O–H groups in total. The van der Waals surface area contributed by atoms with Crippen LogP contribution in [0.1, 0.15) is 51.9 Å². The minimum atomic E-state index is 0.0349. The SMILES string of the molecule is C=C[C@@H]1CC2=C/C(=N/O)CC[C@@H]2C2CC[C@@]3(CC)C(C21)[C@H]1C[C@H]1[C@@]31C=CCO1. The minimum absolute atomic E-state index is 0.0349. The van der Waals surface area contributed by atoms with Gasteiger partial charge in [0.05, 0.1) is 17.9 Å². The van der Waals surface area contributed by atoms with Crippen LogP contribution in [0.2, 0.25) is 0 Å². The van der Waals surface area contributed by atoms with E-state index in [9.17, 15) is 5.21 Å². The molecule has 5 aliphatic carbocycles. The molecule has 3 unspecified atom stereocenters. The molecule has 0 radical (unpaired) electrons. The van der Waals surface area contributed by atoms with Crippen molar-refractivity contribution in [1.29, 1.82) is 0 Å². The van der Waals surface area contributed by atoms with E-state index < -0.39 is 0 Å². The van der Waals surface area contributed by atoms with Gasteiger partial charge in [0.2, 0.25) is 0 Å². The molecule has 0 aromatic carbocycles. The minimum Gasteiger partial charge on any atom is -0.411 e. The van der Waals surface area contributed by atoms with Crippen molar-refractivity contribution >= 4 is 5.71 Å². The van der Waals surface area contributed by atoms with Gasteiger partial charge in [-0.3, -0.25) is 0 Å². The lowest BCUT2D eigenvalue weighted by Gasteiger charge is -2.60. The van der Waals surface area contributed by atoms with E-state index in [1.54, 1.807) is 0 Å². The summed E-state index contributed by atoms with van der Waals surface area (Å²) in [4.78, 5) is 0. The van der Waals surface area contributed by atoms with Gasteiger partial charge < -0.3 is 9.94 Å². The van der Waals surface area contributed by atoms with E-state index >= 15 is 0 Å². The van der Waals surface area contributed by atoms with Crippen LogP contribution < -0.4 is 0 Å². The van der Waals surface area contributed by atoms with Gasteiger partial charge in [-0.1, -0.05) is 35.9 Å².